The Hall–Kier alpha value is -2.95. The molecule has 3 rings (SSSR count). The van der Waals surface area contributed by atoms with Gasteiger partial charge in [0, 0.05) is 36.5 Å². The van der Waals surface area contributed by atoms with E-state index in [1.807, 2.05) is 49.3 Å². The Morgan fingerprint density at radius 2 is 1.61 bits per heavy atom. The lowest BCUT2D eigenvalue weighted by molar-refractivity contribution is -0.112. The molecule has 0 aliphatic heterocycles. The largest absolute Gasteiger partial charge is 0.434 e. The number of alkyl halides is 2. The highest BCUT2D eigenvalue weighted by Crippen LogP contribution is 2.30. The topological polar surface area (TPSA) is 29.5 Å². The minimum Gasteiger partial charge on any atom is -0.434 e. The second kappa shape index (κ2) is 8.83. The molecule has 0 atom stereocenters. The van der Waals surface area contributed by atoms with Gasteiger partial charge in [-0.15, -0.1) is 0 Å². The summed E-state index contributed by atoms with van der Waals surface area (Å²) >= 11 is 0. The fourth-order valence-electron chi connectivity index (χ4n) is 3.24. The van der Waals surface area contributed by atoms with Crippen molar-refractivity contribution in [2.45, 2.75) is 25.9 Å². The summed E-state index contributed by atoms with van der Waals surface area (Å²) in [5.74, 6) is 0.0444. The van der Waals surface area contributed by atoms with Crippen molar-refractivity contribution < 1.29 is 18.3 Å². The van der Waals surface area contributed by atoms with E-state index in [0.29, 0.717) is 24.0 Å². The monoisotopic (exact) mass is 383 g/mol. The number of rotatable bonds is 5. The number of carbonyl (C=O) groups excluding carboxylic acids is 1. The van der Waals surface area contributed by atoms with Gasteiger partial charge in [0.15, 0.2) is 5.78 Å². The van der Waals surface area contributed by atoms with Gasteiger partial charge in [0.25, 0.3) is 0 Å². The minimum absolute atomic E-state index is 0.0326. The number of hydrogen-bond acceptors (Lipinski definition) is 3. The van der Waals surface area contributed by atoms with Gasteiger partial charge in [0.05, 0.1) is 0 Å². The van der Waals surface area contributed by atoms with Gasteiger partial charge in [0.2, 0.25) is 0 Å². The average Bonchev–Trinajstić information content (AvgIpc) is 2.66. The second-order valence-electron chi connectivity index (χ2n) is 6.92. The number of halogens is 2. The maximum absolute atomic E-state index is 12.9. The Balaban J connectivity index is 1.85. The van der Waals surface area contributed by atoms with Crippen LogP contribution in [0, 0.1) is 0 Å². The van der Waals surface area contributed by atoms with Crippen molar-refractivity contribution in [2.24, 2.45) is 0 Å². The number of nitrogens with zero attached hydrogens (tertiary/aromatic N) is 1. The van der Waals surface area contributed by atoms with Gasteiger partial charge in [-0.2, -0.15) is 8.78 Å². The van der Waals surface area contributed by atoms with E-state index in [1.54, 1.807) is 24.3 Å². The Labute approximate surface area is 163 Å². The number of benzene rings is 2. The minimum atomic E-state index is -2.90. The van der Waals surface area contributed by atoms with Crippen LogP contribution >= 0.6 is 0 Å². The maximum atomic E-state index is 12.9. The molecule has 0 N–H and O–H groups in total. The molecule has 0 spiro atoms. The van der Waals surface area contributed by atoms with Crippen LogP contribution in [0.2, 0.25) is 0 Å². The molecule has 1 aliphatic carbocycles. The molecule has 0 aromatic heterocycles. The third-order valence-corrected chi connectivity index (χ3v) is 4.69. The van der Waals surface area contributed by atoms with Crippen LogP contribution in [0.4, 0.5) is 14.5 Å². The van der Waals surface area contributed by atoms with Gasteiger partial charge < -0.3 is 9.64 Å². The van der Waals surface area contributed by atoms with Crippen LogP contribution in [0.1, 0.15) is 30.4 Å². The highest BCUT2D eigenvalue weighted by molar-refractivity contribution is 6.14. The number of ether oxygens (including phenoxy) is 1. The third kappa shape index (κ3) is 4.85. The summed E-state index contributed by atoms with van der Waals surface area (Å²) < 4.78 is 29.8. The van der Waals surface area contributed by atoms with E-state index in [1.165, 1.54) is 6.07 Å². The summed E-state index contributed by atoms with van der Waals surface area (Å²) in [7, 11) is 3.95. The molecule has 0 saturated heterocycles. The van der Waals surface area contributed by atoms with Crippen molar-refractivity contribution in [3.05, 3.63) is 70.8 Å². The predicted molar refractivity (Wildman–Crippen MR) is 109 cm³/mol. The van der Waals surface area contributed by atoms with Crippen molar-refractivity contribution in [3.63, 3.8) is 0 Å². The third-order valence-electron chi connectivity index (χ3n) is 4.69. The van der Waals surface area contributed by atoms with Crippen LogP contribution in [-0.4, -0.2) is 26.5 Å². The fraction of sp³-hybridized carbons (Fsp3) is 0.261. The van der Waals surface area contributed by atoms with Crippen molar-refractivity contribution in [1.82, 2.24) is 0 Å². The van der Waals surface area contributed by atoms with E-state index in [-0.39, 0.29) is 11.5 Å². The normalized spacial score (nSPS) is 17.4. The first-order valence-corrected chi connectivity index (χ1v) is 9.21. The van der Waals surface area contributed by atoms with Crippen LogP contribution in [0.25, 0.3) is 12.2 Å². The molecule has 2 aromatic carbocycles. The zero-order chi connectivity index (χ0) is 20.1. The predicted octanol–water partition coefficient (Wildman–Crippen LogP) is 5.57. The quantitative estimate of drug-likeness (QED) is 0.632. The SMILES string of the molecule is CN(C)c1ccc(C=C2CCCC(=Cc3ccccc3OC(F)F)C2=O)cc1. The first-order valence-electron chi connectivity index (χ1n) is 9.21. The fourth-order valence-corrected chi connectivity index (χ4v) is 3.24. The Kier molecular flexibility index (Phi) is 6.24. The summed E-state index contributed by atoms with van der Waals surface area (Å²) in [6.07, 6.45) is 5.76. The molecule has 1 aliphatic rings. The molecular formula is C23H23F2NO2. The molecule has 0 heterocycles. The number of anilines is 1. The van der Waals surface area contributed by atoms with Crippen molar-refractivity contribution >= 4 is 23.6 Å². The van der Waals surface area contributed by atoms with Gasteiger partial charge in [-0.25, -0.2) is 0 Å². The molecule has 1 saturated carbocycles. The molecule has 146 valence electrons. The summed E-state index contributed by atoms with van der Waals surface area (Å²) in [5.41, 5.74) is 3.91. The number of carbonyl (C=O) groups is 1. The van der Waals surface area contributed by atoms with Crippen molar-refractivity contribution in [2.75, 3.05) is 19.0 Å². The molecule has 0 bridgehead atoms. The van der Waals surface area contributed by atoms with E-state index in [9.17, 15) is 13.6 Å². The number of hydrogen-bond donors (Lipinski definition) is 0. The van der Waals surface area contributed by atoms with Crippen LogP contribution in [0.5, 0.6) is 5.75 Å². The lowest BCUT2D eigenvalue weighted by Crippen LogP contribution is -2.12. The van der Waals surface area contributed by atoms with Gasteiger partial charge >= 0.3 is 6.61 Å². The van der Waals surface area contributed by atoms with Gasteiger partial charge in [0.1, 0.15) is 5.75 Å². The first kappa shape index (κ1) is 19.8. The zero-order valence-electron chi connectivity index (χ0n) is 16.0. The molecular weight excluding hydrogens is 360 g/mol. The van der Waals surface area contributed by atoms with E-state index in [0.717, 1.165) is 23.2 Å². The summed E-state index contributed by atoms with van der Waals surface area (Å²) in [4.78, 5) is 14.9. The molecule has 0 radical (unpaired) electrons. The zero-order valence-corrected chi connectivity index (χ0v) is 16.0. The van der Waals surface area contributed by atoms with E-state index in [2.05, 4.69) is 4.74 Å². The van der Waals surface area contributed by atoms with E-state index in [4.69, 9.17) is 0 Å². The maximum Gasteiger partial charge on any atom is 0.387 e. The molecule has 28 heavy (non-hydrogen) atoms. The summed E-state index contributed by atoms with van der Waals surface area (Å²) in [6.45, 7) is -2.90. The summed E-state index contributed by atoms with van der Waals surface area (Å²) in [5, 5.41) is 0. The van der Waals surface area contributed by atoms with E-state index >= 15 is 0 Å². The molecule has 1 fully saturated rings. The van der Waals surface area contributed by atoms with Gasteiger partial charge in [-0.1, -0.05) is 30.3 Å². The molecule has 3 nitrogen and oxygen atoms in total. The highest BCUT2D eigenvalue weighted by atomic mass is 19.3. The van der Waals surface area contributed by atoms with E-state index < -0.39 is 6.61 Å². The number of ketones is 1. The Bertz CT molecular complexity index is 899. The highest BCUT2D eigenvalue weighted by Gasteiger charge is 2.21. The molecule has 0 unspecified atom stereocenters. The Morgan fingerprint density at radius 1 is 0.964 bits per heavy atom. The second-order valence-corrected chi connectivity index (χ2v) is 6.92. The number of Topliss-reactive ketones (excluding diaryl/α,β-unsaturated/α-hetero) is 1. The molecule has 2 aromatic rings. The summed E-state index contributed by atoms with van der Waals surface area (Å²) in [6, 6.07) is 14.5. The number of allylic oxidation sites excluding steroid dienone is 2. The van der Waals surface area contributed by atoms with Crippen molar-refractivity contribution in [3.8, 4) is 5.75 Å². The molecule has 0 amide bonds. The first-order chi connectivity index (χ1) is 13.4. The average molecular weight is 383 g/mol. The van der Waals surface area contributed by atoms with Crippen LogP contribution in [-0.2, 0) is 4.79 Å². The van der Waals surface area contributed by atoms with Crippen LogP contribution in [0.3, 0.4) is 0 Å². The standard InChI is InChI=1S/C23H23F2NO2/c1-26(2)20-12-10-16(11-13-20)14-18-7-5-8-19(22(18)27)15-17-6-3-4-9-21(17)28-23(24)25/h3-4,6,9-15,23H,5,7-8H2,1-2H3. The smallest absolute Gasteiger partial charge is 0.387 e. The molecule has 5 heteroatoms. The number of para-hydroxylation sites is 1. The van der Waals surface area contributed by atoms with Crippen LogP contribution < -0.4 is 9.64 Å². The van der Waals surface area contributed by atoms with Crippen molar-refractivity contribution in [1.29, 1.82) is 0 Å². The van der Waals surface area contributed by atoms with Gasteiger partial charge in [-0.05, 0) is 55.2 Å². The lowest BCUT2D eigenvalue weighted by Gasteiger charge is -2.17. The lowest BCUT2D eigenvalue weighted by atomic mass is 9.86. The van der Waals surface area contributed by atoms with Crippen LogP contribution in [0.15, 0.2) is 59.7 Å². The Morgan fingerprint density at radius 3 is 2.25 bits per heavy atom. The van der Waals surface area contributed by atoms with Gasteiger partial charge in [-0.3, -0.25) is 4.79 Å².